The summed E-state index contributed by atoms with van der Waals surface area (Å²) in [6.07, 6.45) is 1.83. The zero-order valence-corrected chi connectivity index (χ0v) is 19.4. The van der Waals surface area contributed by atoms with E-state index in [0.29, 0.717) is 37.8 Å². The number of para-hydroxylation sites is 1. The highest BCUT2D eigenvalue weighted by Gasteiger charge is 2.26. The number of aromatic nitrogens is 3. The lowest BCUT2D eigenvalue weighted by Crippen LogP contribution is -2.50. The van der Waals surface area contributed by atoms with Crippen LogP contribution in [0.25, 0.3) is 5.69 Å². The second-order valence-corrected chi connectivity index (χ2v) is 10.5. The van der Waals surface area contributed by atoms with Gasteiger partial charge < -0.3 is 4.90 Å². The molecular formula is C22H25N5O3S2. The molecule has 0 N–H and O–H groups in total. The lowest BCUT2D eigenvalue weighted by molar-refractivity contribution is -0.129. The number of carbonyl (C=O) groups is 1. The maximum atomic E-state index is 12.8. The van der Waals surface area contributed by atoms with Crippen molar-refractivity contribution in [2.75, 3.05) is 38.2 Å². The van der Waals surface area contributed by atoms with Crippen LogP contribution in [0.3, 0.4) is 0 Å². The standard InChI is InChI=1S/C22H25N5O3S2/c1-32(29,30)26-14-12-25(13-15-26)21(28)17-31-22-24-23-20(16-18-8-4-2-5-9-18)27(22)19-10-6-3-7-11-19/h2-11H,12-17H2,1H3. The van der Waals surface area contributed by atoms with Crippen LogP contribution in [-0.4, -0.2) is 76.5 Å². The van der Waals surface area contributed by atoms with Crippen LogP contribution in [0.1, 0.15) is 11.4 Å². The maximum absolute atomic E-state index is 12.8. The highest BCUT2D eigenvalue weighted by atomic mass is 32.2. The molecule has 2 heterocycles. The van der Waals surface area contributed by atoms with E-state index in [1.54, 1.807) is 4.90 Å². The highest BCUT2D eigenvalue weighted by Crippen LogP contribution is 2.24. The molecule has 1 saturated heterocycles. The van der Waals surface area contributed by atoms with Crippen LogP contribution in [0, 0.1) is 0 Å². The van der Waals surface area contributed by atoms with Crippen LogP contribution in [0.2, 0.25) is 0 Å². The molecule has 1 amide bonds. The number of carbonyl (C=O) groups excluding carboxylic acids is 1. The molecular weight excluding hydrogens is 446 g/mol. The van der Waals surface area contributed by atoms with Gasteiger partial charge in [-0.3, -0.25) is 9.36 Å². The first-order valence-electron chi connectivity index (χ1n) is 10.3. The van der Waals surface area contributed by atoms with Gasteiger partial charge in [-0.1, -0.05) is 60.3 Å². The van der Waals surface area contributed by atoms with Crippen molar-refractivity contribution < 1.29 is 13.2 Å². The Balaban J connectivity index is 1.47. The summed E-state index contributed by atoms with van der Waals surface area (Å²) in [5.41, 5.74) is 2.08. The predicted molar refractivity (Wildman–Crippen MR) is 124 cm³/mol. The van der Waals surface area contributed by atoms with Gasteiger partial charge in [-0.05, 0) is 17.7 Å². The zero-order valence-electron chi connectivity index (χ0n) is 17.8. The summed E-state index contributed by atoms with van der Waals surface area (Å²) in [5.74, 6) is 0.990. The molecule has 0 atom stereocenters. The Morgan fingerprint density at radius 1 is 0.938 bits per heavy atom. The minimum atomic E-state index is -3.22. The van der Waals surface area contributed by atoms with Crippen molar-refractivity contribution in [2.45, 2.75) is 11.6 Å². The van der Waals surface area contributed by atoms with E-state index in [1.807, 2.05) is 53.1 Å². The van der Waals surface area contributed by atoms with Crippen molar-refractivity contribution in [3.63, 3.8) is 0 Å². The molecule has 4 rings (SSSR count). The van der Waals surface area contributed by atoms with Crippen molar-refractivity contribution in [2.24, 2.45) is 0 Å². The van der Waals surface area contributed by atoms with Crippen molar-refractivity contribution in [3.05, 3.63) is 72.1 Å². The predicted octanol–water partition coefficient (Wildman–Crippen LogP) is 2.05. The fourth-order valence-corrected chi connectivity index (χ4v) is 5.31. The number of rotatable bonds is 7. The van der Waals surface area contributed by atoms with E-state index in [0.717, 1.165) is 17.1 Å². The summed E-state index contributed by atoms with van der Waals surface area (Å²) in [6, 6.07) is 19.9. The number of benzene rings is 2. The Kier molecular flexibility index (Phi) is 6.92. The van der Waals surface area contributed by atoms with Gasteiger partial charge in [0.05, 0.1) is 12.0 Å². The van der Waals surface area contributed by atoms with Crippen LogP contribution in [0.5, 0.6) is 0 Å². The number of sulfonamides is 1. The van der Waals surface area contributed by atoms with Gasteiger partial charge in [0.1, 0.15) is 5.82 Å². The van der Waals surface area contributed by atoms with Gasteiger partial charge in [0.15, 0.2) is 5.16 Å². The summed E-state index contributed by atoms with van der Waals surface area (Å²) >= 11 is 1.35. The second kappa shape index (κ2) is 9.85. The van der Waals surface area contributed by atoms with Gasteiger partial charge in [-0.2, -0.15) is 4.31 Å². The fourth-order valence-electron chi connectivity index (χ4n) is 3.61. The smallest absolute Gasteiger partial charge is 0.233 e. The molecule has 0 unspecified atom stereocenters. The third-order valence-electron chi connectivity index (χ3n) is 5.30. The molecule has 1 fully saturated rings. The minimum absolute atomic E-state index is 0.0321. The lowest BCUT2D eigenvalue weighted by Gasteiger charge is -2.33. The zero-order chi connectivity index (χ0) is 22.6. The average Bonchev–Trinajstić information content (AvgIpc) is 3.20. The molecule has 1 aromatic heterocycles. The Hall–Kier alpha value is -2.69. The molecule has 0 radical (unpaired) electrons. The van der Waals surface area contributed by atoms with Crippen LogP contribution in [0.15, 0.2) is 65.8 Å². The number of thioether (sulfide) groups is 1. The number of nitrogens with zero attached hydrogens (tertiary/aromatic N) is 5. The number of amides is 1. The van der Waals surface area contributed by atoms with E-state index in [4.69, 9.17) is 0 Å². The number of hydrogen-bond donors (Lipinski definition) is 0. The quantitative estimate of drug-likeness (QED) is 0.490. The van der Waals surface area contributed by atoms with Crippen LogP contribution in [0.4, 0.5) is 0 Å². The van der Waals surface area contributed by atoms with E-state index in [1.165, 1.54) is 22.3 Å². The fraction of sp³-hybridized carbons (Fsp3) is 0.318. The average molecular weight is 472 g/mol. The Bertz CT molecular complexity index is 1160. The summed E-state index contributed by atoms with van der Waals surface area (Å²) in [5, 5.41) is 9.43. The van der Waals surface area contributed by atoms with Crippen molar-refractivity contribution in [1.29, 1.82) is 0 Å². The van der Waals surface area contributed by atoms with Gasteiger partial charge in [-0.15, -0.1) is 10.2 Å². The van der Waals surface area contributed by atoms with E-state index >= 15 is 0 Å². The Morgan fingerprint density at radius 2 is 1.56 bits per heavy atom. The van der Waals surface area contributed by atoms with Crippen molar-refractivity contribution in [1.82, 2.24) is 24.0 Å². The van der Waals surface area contributed by atoms with E-state index in [9.17, 15) is 13.2 Å². The third kappa shape index (κ3) is 5.37. The van der Waals surface area contributed by atoms with Crippen molar-refractivity contribution in [3.8, 4) is 5.69 Å². The third-order valence-corrected chi connectivity index (χ3v) is 7.52. The van der Waals surface area contributed by atoms with Gasteiger partial charge in [-0.25, -0.2) is 8.42 Å². The van der Waals surface area contributed by atoms with Gasteiger partial charge in [0.2, 0.25) is 15.9 Å². The molecule has 10 heteroatoms. The molecule has 1 aliphatic rings. The molecule has 0 aliphatic carbocycles. The van der Waals surface area contributed by atoms with Gasteiger partial charge in [0, 0.05) is 38.3 Å². The monoisotopic (exact) mass is 471 g/mol. The van der Waals surface area contributed by atoms with Gasteiger partial charge in [0.25, 0.3) is 0 Å². The molecule has 2 aromatic carbocycles. The summed E-state index contributed by atoms with van der Waals surface area (Å²) in [6.45, 7) is 1.46. The molecule has 1 aliphatic heterocycles. The van der Waals surface area contributed by atoms with Crippen molar-refractivity contribution >= 4 is 27.7 Å². The Labute approximate surface area is 192 Å². The molecule has 0 spiro atoms. The summed E-state index contributed by atoms with van der Waals surface area (Å²) in [4.78, 5) is 14.5. The van der Waals surface area contributed by atoms with E-state index in [2.05, 4.69) is 22.3 Å². The van der Waals surface area contributed by atoms with E-state index in [-0.39, 0.29) is 11.7 Å². The molecule has 32 heavy (non-hydrogen) atoms. The molecule has 168 valence electrons. The topological polar surface area (TPSA) is 88.4 Å². The summed E-state index contributed by atoms with van der Waals surface area (Å²) < 4.78 is 26.8. The molecule has 8 nitrogen and oxygen atoms in total. The number of piperazine rings is 1. The second-order valence-electron chi connectivity index (χ2n) is 7.56. The first-order chi connectivity index (χ1) is 15.4. The molecule has 0 bridgehead atoms. The number of hydrogen-bond acceptors (Lipinski definition) is 6. The van der Waals surface area contributed by atoms with Crippen LogP contribution in [-0.2, 0) is 21.2 Å². The lowest BCUT2D eigenvalue weighted by atomic mass is 10.1. The largest absolute Gasteiger partial charge is 0.339 e. The van der Waals surface area contributed by atoms with Crippen LogP contribution >= 0.6 is 11.8 Å². The molecule has 0 saturated carbocycles. The Morgan fingerprint density at radius 3 is 2.19 bits per heavy atom. The normalized spacial score (nSPS) is 15.1. The first kappa shape index (κ1) is 22.5. The maximum Gasteiger partial charge on any atom is 0.233 e. The van der Waals surface area contributed by atoms with Gasteiger partial charge >= 0.3 is 0 Å². The molecule has 3 aromatic rings. The summed E-state index contributed by atoms with van der Waals surface area (Å²) in [7, 11) is -3.22. The van der Waals surface area contributed by atoms with E-state index < -0.39 is 10.0 Å². The first-order valence-corrected chi connectivity index (χ1v) is 13.1. The minimum Gasteiger partial charge on any atom is -0.339 e. The van der Waals surface area contributed by atoms with Crippen LogP contribution < -0.4 is 0 Å². The highest BCUT2D eigenvalue weighted by molar-refractivity contribution is 7.99. The SMILES string of the molecule is CS(=O)(=O)N1CCN(C(=O)CSc2nnc(Cc3ccccc3)n2-c2ccccc2)CC1.